The monoisotopic (exact) mass is 296 g/mol. The number of nitrogens with one attached hydrogen (secondary N) is 1. The molecule has 0 aliphatic heterocycles. The zero-order valence-electron chi connectivity index (χ0n) is 12.4. The fourth-order valence-corrected chi connectivity index (χ4v) is 3.03. The van der Waals surface area contributed by atoms with Crippen LogP contribution in [0.15, 0.2) is 12.4 Å². The van der Waals surface area contributed by atoms with Gasteiger partial charge >= 0.3 is 5.69 Å². The number of hydrogen-bond donors (Lipinski definition) is 2. The molecule has 118 valence electrons. The van der Waals surface area contributed by atoms with E-state index in [-0.39, 0.29) is 12.2 Å². The van der Waals surface area contributed by atoms with E-state index in [2.05, 4.69) is 17.3 Å². The lowest BCUT2D eigenvalue weighted by Gasteiger charge is -2.27. The van der Waals surface area contributed by atoms with E-state index < -0.39 is 11.0 Å². The molecule has 1 aromatic heterocycles. The smallest absolute Gasteiger partial charge is 0.306 e. The van der Waals surface area contributed by atoms with Crippen LogP contribution in [-0.4, -0.2) is 39.0 Å². The molecule has 1 aromatic rings. The Balaban J connectivity index is 1.67. The standard InChI is InChI=1S/C14H24N4O3/c1-11-3-2-4-12(5-11)6-15-8-14(19)10-17-9-13(7-16-17)18(20)21/h7,9,11-12,14-15,19H,2-6,8,10H2,1H3. The van der Waals surface area contributed by atoms with Gasteiger partial charge in [-0.15, -0.1) is 0 Å². The zero-order chi connectivity index (χ0) is 15.2. The highest BCUT2D eigenvalue weighted by Gasteiger charge is 2.19. The molecule has 7 heteroatoms. The van der Waals surface area contributed by atoms with Gasteiger partial charge in [0.25, 0.3) is 0 Å². The fourth-order valence-electron chi connectivity index (χ4n) is 3.03. The summed E-state index contributed by atoms with van der Waals surface area (Å²) in [5, 5.41) is 27.7. The molecular weight excluding hydrogens is 272 g/mol. The van der Waals surface area contributed by atoms with Crippen LogP contribution in [0.25, 0.3) is 0 Å². The average molecular weight is 296 g/mol. The normalized spacial score (nSPS) is 23.9. The fraction of sp³-hybridized carbons (Fsp3) is 0.786. The van der Waals surface area contributed by atoms with Gasteiger partial charge in [0.15, 0.2) is 0 Å². The lowest BCUT2D eigenvalue weighted by atomic mass is 9.82. The Morgan fingerprint density at radius 3 is 3.10 bits per heavy atom. The predicted molar refractivity (Wildman–Crippen MR) is 78.9 cm³/mol. The molecule has 2 rings (SSSR count). The van der Waals surface area contributed by atoms with Crippen LogP contribution in [0, 0.1) is 22.0 Å². The van der Waals surface area contributed by atoms with E-state index in [1.54, 1.807) is 0 Å². The Hall–Kier alpha value is -1.47. The van der Waals surface area contributed by atoms with Crippen molar-refractivity contribution in [2.75, 3.05) is 13.1 Å². The summed E-state index contributed by atoms with van der Waals surface area (Å²) in [6, 6.07) is 0. The first kappa shape index (κ1) is 15.9. The van der Waals surface area contributed by atoms with Gasteiger partial charge in [0.05, 0.1) is 17.6 Å². The minimum Gasteiger partial charge on any atom is -0.390 e. The second-order valence-corrected chi connectivity index (χ2v) is 6.13. The van der Waals surface area contributed by atoms with Crippen molar-refractivity contribution in [3.63, 3.8) is 0 Å². The maximum Gasteiger partial charge on any atom is 0.306 e. The number of nitro groups is 1. The highest BCUT2D eigenvalue weighted by atomic mass is 16.6. The van der Waals surface area contributed by atoms with E-state index >= 15 is 0 Å². The summed E-state index contributed by atoms with van der Waals surface area (Å²) in [6.45, 7) is 3.98. The first-order chi connectivity index (χ1) is 10.0. The molecule has 3 unspecified atom stereocenters. The van der Waals surface area contributed by atoms with Crippen molar-refractivity contribution >= 4 is 5.69 Å². The molecule has 0 bridgehead atoms. The third-order valence-corrected chi connectivity index (χ3v) is 4.09. The average Bonchev–Trinajstić information content (AvgIpc) is 2.87. The van der Waals surface area contributed by atoms with Gasteiger partial charge < -0.3 is 10.4 Å². The second-order valence-electron chi connectivity index (χ2n) is 6.13. The van der Waals surface area contributed by atoms with Crippen LogP contribution in [0.3, 0.4) is 0 Å². The summed E-state index contributed by atoms with van der Waals surface area (Å²) in [7, 11) is 0. The van der Waals surface area contributed by atoms with Crippen molar-refractivity contribution in [1.82, 2.24) is 15.1 Å². The lowest BCUT2D eigenvalue weighted by Crippen LogP contribution is -2.34. The highest BCUT2D eigenvalue weighted by molar-refractivity contribution is 5.20. The van der Waals surface area contributed by atoms with Crippen molar-refractivity contribution in [1.29, 1.82) is 0 Å². The molecule has 0 radical (unpaired) electrons. The summed E-state index contributed by atoms with van der Waals surface area (Å²) >= 11 is 0. The Labute approximate surface area is 124 Å². The molecule has 3 atom stereocenters. The van der Waals surface area contributed by atoms with Crippen LogP contribution in [0.1, 0.15) is 32.6 Å². The van der Waals surface area contributed by atoms with E-state index in [0.717, 1.165) is 12.5 Å². The van der Waals surface area contributed by atoms with Crippen LogP contribution in [-0.2, 0) is 6.54 Å². The molecule has 1 heterocycles. The minimum absolute atomic E-state index is 0.0497. The number of hydrogen-bond acceptors (Lipinski definition) is 5. The SMILES string of the molecule is CC1CCCC(CNCC(O)Cn2cc([N+](=O)[O-])cn2)C1. The quantitative estimate of drug-likeness (QED) is 0.588. The Kier molecular flexibility index (Phi) is 5.69. The van der Waals surface area contributed by atoms with Crippen molar-refractivity contribution in [3.05, 3.63) is 22.5 Å². The number of rotatable bonds is 7. The highest BCUT2D eigenvalue weighted by Crippen LogP contribution is 2.27. The molecule has 21 heavy (non-hydrogen) atoms. The molecule has 0 spiro atoms. The molecule has 1 aliphatic carbocycles. The first-order valence-corrected chi connectivity index (χ1v) is 7.60. The lowest BCUT2D eigenvalue weighted by molar-refractivity contribution is -0.385. The molecule has 1 fully saturated rings. The topological polar surface area (TPSA) is 93.2 Å². The van der Waals surface area contributed by atoms with Gasteiger partial charge in [-0.25, -0.2) is 0 Å². The first-order valence-electron chi connectivity index (χ1n) is 7.60. The van der Waals surface area contributed by atoms with Gasteiger partial charge in [0.1, 0.15) is 12.4 Å². The van der Waals surface area contributed by atoms with E-state index in [0.29, 0.717) is 12.5 Å². The third kappa shape index (κ3) is 5.09. The Morgan fingerprint density at radius 1 is 1.62 bits per heavy atom. The van der Waals surface area contributed by atoms with Crippen molar-refractivity contribution in [2.24, 2.45) is 11.8 Å². The predicted octanol–water partition coefficient (Wildman–Crippen LogP) is 1.57. The van der Waals surface area contributed by atoms with Crippen molar-refractivity contribution < 1.29 is 10.0 Å². The molecule has 0 amide bonds. The molecule has 0 aromatic carbocycles. The number of aromatic nitrogens is 2. The van der Waals surface area contributed by atoms with Crippen LogP contribution < -0.4 is 5.32 Å². The van der Waals surface area contributed by atoms with Gasteiger partial charge in [-0.1, -0.05) is 19.8 Å². The molecule has 1 aliphatic rings. The van der Waals surface area contributed by atoms with Crippen molar-refractivity contribution in [2.45, 2.75) is 45.3 Å². The summed E-state index contributed by atoms with van der Waals surface area (Å²) in [4.78, 5) is 10.1. The van der Waals surface area contributed by atoms with Gasteiger partial charge in [0.2, 0.25) is 0 Å². The van der Waals surface area contributed by atoms with Crippen molar-refractivity contribution in [3.8, 4) is 0 Å². The molecular formula is C14H24N4O3. The number of aliphatic hydroxyl groups excluding tert-OH is 1. The summed E-state index contributed by atoms with van der Waals surface area (Å²) in [6.07, 6.45) is 7.10. The van der Waals surface area contributed by atoms with Crippen LogP contribution in [0.4, 0.5) is 5.69 Å². The van der Waals surface area contributed by atoms with Crippen LogP contribution in [0.2, 0.25) is 0 Å². The molecule has 0 saturated heterocycles. The second kappa shape index (κ2) is 7.51. The molecule has 7 nitrogen and oxygen atoms in total. The van der Waals surface area contributed by atoms with Crippen LogP contribution >= 0.6 is 0 Å². The Bertz CT molecular complexity index is 463. The van der Waals surface area contributed by atoms with Gasteiger partial charge in [-0.05, 0) is 31.2 Å². The van der Waals surface area contributed by atoms with Gasteiger partial charge in [-0.3, -0.25) is 14.8 Å². The van der Waals surface area contributed by atoms with E-state index in [9.17, 15) is 15.2 Å². The van der Waals surface area contributed by atoms with Gasteiger partial charge in [0, 0.05) is 6.54 Å². The minimum atomic E-state index is -0.592. The maximum atomic E-state index is 10.6. The van der Waals surface area contributed by atoms with Crippen LogP contribution in [0.5, 0.6) is 0 Å². The summed E-state index contributed by atoms with van der Waals surface area (Å²) in [5.74, 6) is 1.51. The summed E-state index contributed by atoms with van der Waals surface area (Å²) < 4.78 is 1.41. The van der Waals surface area contributed by atoms with E-state index in [4.69, 9.17) is 0 Å². The third-order valence-electron chi connectivity index (χ3n) is 4.09. The van der Waals surface area contributed by atoms with E-state index in [1.807, 2.05) is 0 Å². The van der Waals surface area contributed by atoms with Gasteiger partial charge in [-0.2, -0.15) is 5.10 Å². The van der Waals surface area contributed by atoms with E-state index in [1.165, 1.54) is 42.8 Å². The number of aliphatic hydroxyl groups is 1. The zero-order valence-corrected chi connectivity index (χ0v) is 12.4. The Morgan fingerprint density at radius 2 is 2.43 bits per heavy atom. The largest absolute Gasteiger partial charge is 0.390 e. The molecule has 2 N–H and O–H groups in total. The molecule has 1 saturated carbocycles. The summed E-state index contributed by atoms with van der Waals surface area (Å²) in [5.41, 5.74) is -0.0497. The number of nitrogens with zero attached hydrogens (tertiary/aromatic N) is 3. The maximum absolute atomic E-state index is 10.6.